The summed E-state index contributed by atoms with van der Waals surface area (Å²) in [6.45, 7) is 2.73. The van der Waals surface area contributed by atoms with Gasteiger partial charge in [0.2, 0.25) is 0 Å². The molecule has 106 valence electrons. The van der Waals surface area contributed by atoms with Crippen LogP contribution in [0.4, 0.5) is 0 Å². The molecule has 2 N–H and O–H groups in total. The van der Waals surface area contributed by atoms with Gasteiger partial charge in [-0.3, -0.25) is 0 Å². The Labute approximate surface area is 122 Å². The van der Waals surface area contributed by atoms with E-state index in [4.69, 9.17) is 9.84 Å². The highest BCUT2D eigenvalue weighted by atomic mass is 32.1. The number of methoxy groups -OCH3 is 1. The van der Waals surface area contributed by atoms with E-state index in [9.17, 15) is 4.79 Å². The van der Waals surface area contributed by atoms with E-state index < -0.39 is 5.97 Å². The van der Waals surface area contributed by atoms with Gasteiger partial charge in [-0.1, -0.05) is 12.1 Å². The van der Waals surface area contributed by atoms with E-state index in [0.29, 0.717) is 12.1 Å². The molecule has 20 heavy (non-hydrogen) atoms. The fraction of sp³-hybridized carbons (Fsp3) is 0.267. The quantitative estimate of drug-likeness (QED) is 0.857. The average molecular weight is 291 g/mol. The Hall–Kier alpha value is -1.85. The zero-order valence-electron chi connectivity index (χ0n) is 11.4. The first-order valence-electron chi connectivity index (χ1n) is 6.28. The monoisotopic (exact) mass is 291 g/mol. The highest BCUT2D eigenvalue weighted by molar-refractivity contribution is 7.10. The number of aromatic carboxylic acids is 1. The molecule has 0 aliphatic rings. The Bertz CT molecular complexity index is 577. The number of ether oxygens (including phenoxy) is 1. The van der Waals surface area contributed by atoms with Crippen LogP contribution in [0.3, 0.4) is 0 Å². The molecule has 1 atom stereocenters. The lowest BCUT2D eigenvalue weighted by Crippen LogP contribution is -2.17. The topological polar surface area (TPSA) is 58.6 Å². The first kappa shape index (κ1) is 14.6. The normalized spacial score (nSPS) is 12.1. The summed E-state index contributed by atoms with van der Waals surface area (Å²) >= 11 is 1.46. The van der Waals surface area contributed by atoms with Crippen LogP contribution in [0.15, 0.2) is 35.7 Å². The molecule has 1 heterocycles. The molecule has 1 aromatic carbocycles. The van der Waals surface area contributed by atoms with Crippen LogP contribution in [-0.4, -0.2) is 18.2 Å². The van der Waals surface area contributed by atoms with Crippen LogP contribution in [0, 0.1) is 0 Å². The molecule has 2 rings (SSSR count). The minimum absolute atomic E-state index is 0.191. The van der Waals surface area contributed by atoms with Crippen LogP contribution < -0.4 is 10.1 Å². The molecule has 0 bridgehead atoms. The molecular formula is C15H17NO3S. The van der Waals surface area contributed by atoms with E-state index in [1.807, 2.05) is 24.3 Å². The van der Waals surface area contributed by atoms with Crippen LogP contribution in [0.5, 0.6) is 5.75 Å². The third-order valence-electron chi connectivity index (χ3n) is 3.10. The lowest BCUT2D eigenvalue weighted by atomic mass is 10.1. The van der Waals surface area contributed by atoms with Crippen molar-refractivity contribution in [3.05, 3.63) is 51.7 Å². The van der Waals surface area contributed by atoms with Gasteiger partial charge in [-0.2, -0.15) is 0 Å². The zero-order chi connectivity index (χ0) is 14.5. The summed E-state index contributed by atoms with van der Waals surface area (Å²) in [7, 11) is 1.65. The summed E-state index contributed by atoms with van der Waals surface area (Å²) in [4.78, 5) is 11.8. The Balaban J connectivity index is 1.93. The second kappa shape index (κ2) is 6.54. The average Bonchev–Trinajstić information content (AvgIpc) is 2.94. The SMILES string of the molecule is COc1ccc([C@H](C)NCc2cc(C(=O)O)cs2)cc1. The molecule has 0 saturated carbocycles. The number of carboxylic acids is 1. The number of hydrogen-bond acceptors (Lipinski definition) is 4. The number of benzene rings is 1. The summed E-state index contributed by atoms with van der Waals surface area (Å²) < 4.78 is 5.13. The van der Waals surface area contributed by atoms with Crippen LogP contribution in [0.2, 0.25) is 0 Å². The van der Waals surface area contributed by atoms with E-state index in [0.717, 1.165) is 10.6 Å². The number of hydrogen-bond donors (Lipinski definition) is 2. The summed E-state index contributed by atoms with van der Waals surface area (Å²) in [5.74, 6) is -0.0407. The van der Waals surface area contributed by atoms with E-state index in [1.54, 1.807) is 18.6 Å². The van der Waals surface area contributed by atoms with Crippen LogP contribution in [0.1, 0.15) is 33.8 Å². The van der Waals surface area contributed by atoms with Gasteiger partial charge in [0.05, 0.1) is 12.7 Å². The predicted molar refractivity (Wildman–Crippen MR) is 79.5 cm³/mol. The molecule has 0 aliphatic heterocycles. The molecule has 1 aromatic heterocycles. The van der Waals surface area contributed by atoms with Gasteiger partial charge in [0.1, 0.15) is 5.75 Å². The van der Waals surface area contributed by atoms with Crippen molar-refractivity contribution in [2.24, 2.45) is 0 Å². The van der Waals surface area contributed by atoms with E-state index in [2.05, 4.69) is 12.2 Å². The van der Waals surface area contributed by atoms with Gasteiger partial charge >= 0.3 is 5.97 Å². The number of carboxylic acid groups (broad SMARTS) is 1. The minimum Gasteiger partial charge on any atom is -0.497 e. The molecule has 0 unspecified atom stereocenters. The molecule has 0 amide bonds. The van der Waals surface area contributed by atoms with Gasteiger partial charge in [0, 0.05) is 22.8 Å². The molecule has 0 saturated heterocycles. The predicted octanol–water partition coefficient (Wildman–Crippen LogP) is 3.31. The largest absolute Gasteiger partial charge is 0.497 e. The van der Waals surface area contributed by atoms with Crippen LogP contribution in [-0.2, 0) is 6.54 Å². The minimum atomic E-state index is -0.879. The Morgan fingerprint density at radius 2 is 2.10 bits per heavy atom. The lowest BCUT2D eigenvalue weighted by molar-refractivity contribution is 0.0697. The highest BCUT2D eigenvalue weighted by Crippen LogP contribution is 2.19. The maximum Gasteiger partial charge on any atom is 0.336 e. The summed E-state index contributed by atoms with van der Waals surface area (Å²) in [5, 5.41) is 13.9. The third-order valence-corrected chi connectivity index (χ3v) is 4.04. The first-order valence-corrected chi connectivity index (χ1v) is 7.16. The fourth-order valence-electron chi connectivity index (χ4n) is 1.85. The van der Waals surface area contributed by atoms with Gasteiger partial charge < -0.3 is 15.2 Å². The first-order chi connectivity index (χ1) is 9.60. The van der Waals surface area contributed by atoms with Crippen molar-refractivity contribution in [2.45, 2.75) is 19.5 Å². The van der Waals surface area contributed by atoms with Crippen LogP contribution in [0.25, 0.3) is 0 Å². The van der Waals surface area contributed by atoms with E-state index in [-0.39, 0.29) is 6.04 Å². The van der Waals surface area contributed by atoms with Gasteiger partial charge in [0.15, 0.2) is 0 Å². The molecular weight excluding hydrogens is 274 g/mol. The van der Waals surface area contributed by atoms with Crippen molar-refractivity contribution in [2.75, 3.05) is 7.11 Å². The second-order valence-electron chi connectivity index (χ2n) is 4.48. The maximum atomic E-state index is 10.8. The Morgan fingerprint density at radius 1 is 1.40 bits per heavy atom. The molecule has 0 radical (unpaired) electrons. The van der Waals surface area contributed by atoms with Crippen molar-refractivity contribution in [1.29, 1.82) is 0 Å². The Morgan fingerprint density at radius 3 is 2.65 bits per heavy atom. The smallest absolute Gasteiger partial charge is 0.336 e. The molecule has 5 heteroatoms. The zero-order valence-corrected chi connectivity index (χ0v) is 12.2. The van der Waals surface area contributed by atoms with Gasteiger partial charge in [0.25, 0.3) is 0 Å². The fourth-order valence-corrected chi connectivity index (χ4v) is 2.66. The van der Waals surface area contributed by atoms with E-state index >= 15 is 0 Å². The van der Waals surface area contributed by atoms with Gasteiger partial charge in [-0.05, 0) is 30.7 Å². The second-order valence-corrected chi connectivity index (χ2v) is 5.48. The maximum absolute atomic E-state index is 10.8. The molecule has 0 aliphatic carbocycles. The van der Waals surface area contributed by atoms with Gasteiger partial charge in [-0.15, -0.1) is 11.3 Å². The van der Waals surface area contributed by atoms with Crippen LogP contribution >= 0.6 is 11.3 Å². The van der Waals surface area contributed by atoms with Crippen molar-refractivity contribution in [3.63, 3.8) is 0 Å². The third kappa shape index (κ3) is 3.59. The highest BCUT2D eigenvalue weighted by Gasteiger charge is 2.09. The van der Waals surface area contributed by atoms with Crippen molar-refractivity contribution >= 4 is 17.3 Å². The molecule has 2 aromatic rings. The molecule has 0 fully saturated rings. The van der Waals surface area contributed by atoms with E-state index in [1.165, 1.54) is 16.9 Å². The van der Waals surface area contributed by atoms with Crippen molar-refractivity contribution in [3.8, 4) is 5.75 Å². The van der Waals surface area contributed by atoms with Crippen molar-refractivity contribution < 1.29 is 14.6 Å². The number of thiophene rings is 1. The lowest BCUT2D eigenvalue weighted by Gasteiger charge is -2.14. The van der Waals surface area contributed by atoms with Crippen molar-refractivity contribution in [1.82, 2.24) is 5.32 Å². The number of rotatable bonds is 6. The summed E-state index contributed by atoms with van der Waals surface area (Å²) in [6, 6.07) is 9.81. The Kier molecular flexibility index (Phi) is 4.76. The number of nitrogens with one attached hydrogen (secondary N) is 1. The molecule has 0 spiro atoms. The number of carbonyl (C=O) groups is 1. The molecule has 4 nitrogen and oxygen atoms in total. The summed E-state index contributed by atoms with van der Waals surface area (Å²) in [6.07, 6.45) is 0. The standard InChI is InChI=1S/C15H17NO3S/c1-10(11-3-5-13(19-2)6-4-11)16-8-14-7-12(9-20-14)15(17)18/h3-7,9-10,16H,8H2,1-2H3,(H,17,18)/t10-/m0/s1. The van der Waals surface area contributed by atoms with Gasteiger partial charge in [-0.25, -0.2) is 4.79 Å². The summed E-state index contributed by atoms with van der Waals surface area (Å²) in [5.41, 5.74) is 1.52.